The standard InChI is InChI=1S/C13H13BrFN3/c1-3-9-7(2)17-13(18-12(9)16)10-6-8(14)4-5-11(10)15/h4-6H,3H2,1-2H3,(H2,16,17,18). The monoisotopic (exact) mass is 309 g/mol. The molecule has 3 nitrogen and oxygen atoms in total. The van der Waals surface area contributed by atoms with E-state index in [4.69, 9.17) is 5.73 Å². The van der Waals surface area contributed by atoms with Gasteiger partial charge in [0.1, 0.15) is 11.6 Å². The van der Waals surface area contributed by atoms with Crippen LogP contribution in [0.15, 0.2) is 22.7 Å². The molecule has 18 heavy (non-hydrogen) atoms. The fraction of sp³-hybridized carbons (Fsp3) is 0.231. The number of aryl methyl sites for hydroxylation is 1. The summed E-state index contributed by atoms with van der Waals surface area (Å²) in [5.41, 5.74) is 7.92. The Kier molecular flexibility index (Phi) is 3.61. The zero-order chi connectivity index (χ0) is 13.3. The number of halogens is 2. The minimum atomic E-state index is -0.360. The van der Waals surface area contributed by atoms with Crippen molar-refractivity contribution in [3.63, 3.8) is 0 Å². The minimum Gasteiger partial charge on any atom is -0.383 e. The molecule has 0 aliphatic carbocycles. The molecule has 0 aliphatic heterocycles. The molecule has 0 fully saturated rings. The van der Waals surface area contributed by atoms with Crippen molar-refractivity contribution in [2.75, 3.05) is 5.73 Å². The highest BCUT2D eigenvalue weighted by Gasteiger charge is 2.13. The van der Waals surface area contributed by atoms with Gasteiger partial charge in [-0.15, -0.1) is 0 Å². The SMILES string of the molecule is CCc1c(C)nc(-c2cc(Br)ccc2F)nc1N. The predicted octanol–water partition coefficient (Wildman–Crippen LogP) is 3.50. The molecule has 5 heteroatoms. The van der Waals surface area contributed by atoms with Crippen molar-refractivity contribution in [1.29, 1.82) is 0 Å². The van der Waals surface area contributed by atoms with E-state index in [9.17, 15) is 4.39 Å². The molecule has 0 saturated carbocycles. The first kappa shape index (κ1) is 13.0. The number of rotatable bonds is 2. The Balaban J connectivity index is 2.61. The lowest BCUT2D eigenvalue weighted by Gasteiger charge is -2.09. The van der Waals surface area contributed by atoms with E-state index >= 15 is 0 Å². The van der Waals surface area contributed by atoms with Gasteiger partial charge >= 0.3 is 0 Å². The largest absolute Gasteiger partial charge is 0.383 e. The van der Waals surface area contributed by atoms with E-state index in [2.05, 4.69) is 25.9 Å². The van der Waals surface area contributed by atoms with Crippen molar-refractivity contribution in [2.45, 2.75) is 20.3 Å². The number of nitrogens with two attached hydrogens (primary N) is 1. The third-order valence-corrected chi connectivity index (χ3v) is 3.26. The van der Waals surface area contributed by atoms with Gasteiger partial charge < -0.3 is 5.73 Å². The second-order valence-electron chi connectivity index (χ2n) is 3.97. The number of hydrogen-bond donors (Lipinski definition) is 1. The third kappa shape index (κ3) is 2.36. The smallest absolute Gasteiger partial charge is 0.164 e. The van der Waals surface area contributed by atoms with E-state index in [0.717, 1.165) is 22.2 Å². The van der Waals surface area contributed by atoms with Crippen LogP contribution in [0.4, 0.5) is 10.2 Å². The summed E-state index contributed by atoms with van der Waals surface area (Å²) in [5.74, 6) is 0.377. The molecule has 0 radical (unpaired) electrons. The second kappa shape index (κ2) is 5.02. The predicted molar refractivity (Wildman–Crippen MR) is 73.7 cm³/mol. The first-order valence-corrected chi connectivity index (χ1v) is 6.40. The quantitative estimate of drug-likeness (QED) is 0.923. The van der Waals surface area contributed by atoms with Crippen LogP contribution in [0.5, 0.6) is 0 Å². The fourth-order valence-electron chi connectivity index (χ4n) is 1.84. The Labute approximate surface area is 113 Å². The fourth-order valence-corrected chi connectivity index (χ4v) is 2.21. The summed E-state index contributed by atoms with van der Waals surface area (Å²) in [6.07, 6.45) is 0.763. The van der Waals surface area contributed by atoms with Crippen LogP contribution < -0.4 is 5.73 Å². The summed E-state index contributed by atoms with van der Waals surface area (Å²) in [4.78, 5) is 8.51. The zero-order valence-electron chi connectivity index (χ0n) is 10.2. The van der Waals surface area contributed by atoms with Gasteiger partial charge in [-0.3, -0.25) is 0 Å². The maximum atomic E-state index is 13.8. The summed E-state index contributed by atoms with van der Waals surface area (Å²) in [5, 5.41) is 0. The van der Waals surface area contributed by atoms with Gasteiger partial charge in [0, 0.05) is 15.7 Å². The van der Waals surface area contributed by atoms with Gasteiger partial charge in [0.2, 0.25) is 0 Å². The van der Waals surface area contributed by atoms with E-state index in [-0.39, 0.29) is 5.82 Å². The van der Waals surface area contributed by atoms with E-state index in [1.807, 2.05) is 13.8 Å². The summed E-state index contributed by atoms with van der Waals surface area (Å²) >= 11 is 3.31. The maximum Gasteiger partial charge on any atom is 0.164 e. The molecule has 0 aliphatic rings. The summed E-state index contributed by atoms with van der Waals surface area (Å²) in [6, 6.07) is 4.66. The van der Waals surface area contributed by atoms with Crippen LogP contribution in [0.2, 0.25) is 0 Å². The molecule has 2 aromatic rings. The highest BCUT2D eigenvalue weighted by atomic mass is 79.9. The van der Waals surface area contributed by atoms with Crippen molar-refractivity contribution in [3.05, 3.63) is 39.7 Å². The Morgan fingerprint density at radius 1 is 1.33 bits per heavy atom. The van der Waals surface area contributed by atoms with Crippen molar-refractivity contribution >= 4 is 21.7 Å². The lowest BCUT2D eigenvalue weighted by atomic mass is 10.1. The van der Waals surface area contributed by atoms with Crippen molar-refractivity contribution in [1.82, 2.24) is 9.97 Å². The van der Waals surface area contributed by atoms with Gasteiger partial charge in [-0.1, -0.05) is 22.9 Å². The van der Waals surface area contributed by atoms with Crippen molar-refractivity contribution in [3.8, 4) is 11.4 Å². The molecule has 0 saturated heterocycles. The Hall–Kier alpha value is -1.49. The van der Waals surface area contributed by atoms with E-state index in [0.29, 0.717) is 17.2 Å². The molecule has 1 aromatic heterocycles. The second-order valence-corrected chi connectivity index (χ2v) is 4.89. The third-order valence-electron chi connectivity index (χ3n) is 2.77. The zero-order valence-corrected chi connectivity index (χ0v) is 11.8. The molecule has 2 rings (SSSR count). The Morgan fingerprint density at radius 2 is 2.06 bits per heavy atom. The van der Waals surface area contributed by atoms with Crippen LogP contribution >= 0.6 is 15.9 Å². The summed E-state index contributed by atoms with van der Waals surface area (Å²) < 4.78 is 14.5. The molecule has 0 unspecified atom stereocenters. The lowest BCUT2D eigenvalue weighted by Crippen LogP contribution is -2.05. The number of hydrogen-bond acceptors (Lipinski definition) is 3. The maximum absolute atomic E-state index is 13.8. The van der Waals surface area contributed by atoms with Crippen molar-refractivity contribution in [2.24, 2.45) is 0 Å². The molecule has 0 bridgehead atoms. The van der Waals surface area contributed by atoms with E-state index in [1.165, 1.54) is 6.07 Å². The average molecular weight is 310 g/mol. The first-order valence-electron chi connectivity index (χ1n) is 5.61. The molecule has 0 atom stereocenters. The lowest BCUT2D eigenvalue weighted by molar-refractivity contribution is 0.629. The van der Waals surface area contributed by atoms with Gasteiger partial charge in [0.25, 0.3) is 0 Å². The highest BCUT2D eigenvalue weighted by Crippen LogP contribution is 2.26. The van der Waals surface area contributed by atoms with Crippen LogP contribution in [-0.4, -0.2) is 9.97 Å². The Morgan fingerprint density at radius 3 is 2.67 bits per heavy atom. The van der Waals surface area contributed by atoms with Gasteiger partial charge in [-0.2, -0.15) is 0 Å². The number of benzene rings is 1. The molecular formula is C13H13BrFN3. The van der Waals surface area contributed by atoms with Crippen LogP contribution in [0, 0.1) is 12.7 Å². The van der Waals surface area contributed by atoms with E-state index in [1.54, 1.807) is 12.1 Å². The minimum absolute atomic E-state index is 0.320. The van der Waals surface area contributed by atoms with Gasteiger partial charge in [0.15, 0.2) is 5.82 Å². The number of anilines is 1. The van der Waals surface area contributed by atoms with Crippen LogP contribution in [-0.2, 0) is 6.42 Å². The Bertz CT molecular complexity index is 576. The van der Waals surface area contributed by atoms with E-state index < -0.39 is 0 Å². The number of aromatic nitrogens is 2. The van der Waals surface area contributed by atoms with Crippen LogP contribution in [0.1, 0.15) is 18.2 Å². The number of nitrogens with zero attached hydrogens (tertiary/aromatic N) is 2. The van der Waals surface area contributed by atoms with Gasteiger partial charge in [-0.05, 0) is 31.5 Å². The normalized spacial score (nSPS) is 10.7. The molecule has 94 valence electrons. The van der Waals surface area contributed by atoms with Crippen LogP contribution in [0.25, 0.3) is 11.4 Å². The topological polar surface area (TPSA) is 51.8 Å². The summed E-state index contributed by atoms with van der Waals surface area (Å²) in [6.45, 7) is 3.84. The average Bonchev–Trinajstić information content (AvgIpc) is 2.32. The van der Waals surface area contributed by atoms with Crippen molar-refractivity contribution < 1.29 is 4.39 Å². The summed E-state index contributed by atoms with van der Waals surface area (Å²) in [7, 11) is 0. The highest BCUT2D eigenvalue weighted by molar-refractivity contribution is 9.10. The molecule has 2 N–H and O–H groups in total. The number of nitrogen functional groups attached to an aromatic ring is 1. The van der Waals surface area contributed by atoms with Gasteiger partial charge in [0.05, 0.1) is 5.56 Å². The molecular weight excluding hydrogens is 297 g/mol. The molecule has 0 amide bonds. The van der Waals surface area contributed by atoms with Gasteiger partial charge in [-0.25, -0.2) is 14.4 Å². The molecule has 0 spiro atoms. The molecule has 1 aromatic carbocycles. The van der Waals surface area contributed by atoms with Crippen LogP contribution in [0.3, 0.4) is 0 Å². The molecule has 1 heterocycles. The first-order chi connectivity index (χ1) is 8.52.